The molecule has 0 heterocycles. The Bertz CT molecular complexity index is 195. The molecule has 2 rings (SSSR count). The molecule has 15 heavy (non-hydrogen) atoms. The summed E-state index contributed by atoms with van der Waals surface area (Å²) >= 11 is 0. The van der Waals surface area contributed by atoms with Crippen molar-refractivity contribution >= 4 is 0 Å². The maximum Gasteiger partial charge on any atom is 0.0584 e. The maximum atomic E-state index is 9.22. The van der Waals surface area contributed by atoms with Crippen molar-refractivity contribution in [3.05, 3.63) is 0 Å². The van der Waals surface area contributed by atoms with Crippen LogP contribution in [0.2, 0.25) is 0 Å². The van der Waals surface area contributed by atoms with E-state index in [1.807, 2.05) is 0 Å². The van der Waals surface area contributed by atoms with Gasteiger partial charge in [0.05, 0.1) is 6.61 Å². The van der Waals surface area contributed by atoms with E-state index in [9.17, 15) is 5.11 Å². The molecule has 2 fully saturated rings. The van der Waals surface area contributed by atoms with Crippen molar-refractivity contribution in [1.82, 2.24) is 5.32 Å². The quantitative estimate of drug-likeness (QED) is 0.748. The molecule has 88 valence electrons. The zero-order valence-electron chi connectivity index (χ0n) is 9.97. The Balaban J connectivity index is 1.87. The first-order chi connectivity index (χ1) is 7.30. The Morgan fingerprint density at radius 3 is 2.47 bits per heavy atom. The van der Waals surface area contributed by atoms with Crippen molar-refractivity contribution in [2.45, 2.75) is 70.4 Å². The van der Waals surface area contributed by atoms with Crippen LogP contribution in [0.4, 0.5) is 0 Å². The van der Waals surface area contributed by atoms with Gasteiger partial charge in [0.1, 0.15) is 0 Å². The van der Waals surface area contributed by atoms with Gasteiger partial charge in [-0.25, -0.2) is 0 Å². The number of nitrogens with one attached hydrogen (secondary N) is 1. The van der Waals surface area contributed by atoms with Crippen molar-refractivity contribution in [1.29, 1.82) is 0 Å². The molecule has 0 aliphatic heterocycles. The van der Waals surface area contributed by atoms with Gasteiger partial charge in [-0.3, -0.25) is 0 Å². The molecule has 0 aromatic carbocycles. The number of hydrogen-bond donors (Lipinski definition) is 2. The van der Waals surface area contributed by atoms with Crippen molar-refractivity contribution in [2.75, 3.05) is 6.61 Å². The summed E-state index contributed by atoms with van der Waals surface area (Å²) in [6.45, 7) is 2.45. The van der Waals surface area contributed by atoms with E-state index in [-0.39, 0.29) is 0 Å². The van der Waals surface area contributed by atoms with Gasteiger partial charge in [0.25, 0.3) is 0 Å². The van der Waals surface area contributed by atoms with E-state index in [0.29, 0.717) is 24.1 Å². The van der Waals surface area contributed by atoms with E-state index in [1.54, 1.807) is 0 Å². The Labute approximate surface area is 93.5 Å². The Kier molecular flexibility index (Phi) is 3.68. The van der Waals surface area contributed by atoms with Crippen molar-refractivity contribution < 1.29 is 5.11 Å². The van der Waals surface area contributed by atoms with Gasteiger partial charge >= 0.3 is 0 Å². The molecule has 0 amide bonds. The lowest BCUT2D eigenvalue weighted by Gasteiger charge is -2.53. The largest absolute Gasteiger partial charge is 0.395 e. The lowest BCUT2D eigenvalue weighted by molar-refractivity contribution is 0.0114. The molecule has 0 aromatic rings. The fraction of sp³-hybridized carbons (Fsp3) is 1.00. The first-order valence-electron chi connectivity index (χ1n) is 6.67. The van der Waals surface area contributed by atoms with Crippen LogP contribution in [-0.2, 0) is 0 Å². The Morgan fingerprint density at radius 2 is 2.00 bits per heavy atom. The summed E-state index contributed by atoms with van der Waals surface area (Å²) in [5, 5.41) is 12.9. The summed E-state index contributed by atoms with van der Waals surface area (Å²) in [6, 6.07) is 1.03. The molecule has 0 bridgehead atoms. The maximum absolute atomic E-state index is 9.22. The first kappa shape index (κ1) is 11.4. The number of rotatable bonds is 4. The highest BCUT2D eigenvalue weighted by molar-refractivity contribution is 5.02. The molecule has 2 saturated carbocycles. The highest BCUT2D eigenvalue weighted by Crippen LogP contribution is 2.51. The molecule has 2 nitrogen and oxygen atoms in total. The number of aliphatic hydroxyl groups excluding tert-OH is 1. The molecular formula is C13H25NO. The van der Waals surface area contributed by atoms with Gasteiger partial charge in [-0.15, -0.1) is 0 Å². The molecule has 2 atom stereocenters. The van der Waals surface area contributed by atoms with Gasteiger partial charge in [-0.05, 0) is 37.5 Å². The van der Waals surface area contributed by atoms with Crippen LogP contribution in [0.1, 0.15) is 58.3 Å². The van der Waals surface area contributed by atoms with Gasteiger partial charge in [0.2, 0.25) is 0 Å². The third kappa shape index (κ3) is 2.21. The average Bonchev–Trinajstić information content (AvgIpc) is 2.30. The minimum Gasteiger partial charge on any atom is -0.395 e. The summed E-state index contributed by atoms with van der Waals surface area (Å²) in [5.41, 5.74) is 0.626. The van der Waals surface area contributed by atoms with Gasteiger partial charge in [-0.2, -0.15) is 0 Å². The third-order valence-corrected chi connectivity index (χ3v) is 4.67. The molecule has 0 saturated heterocycles. The Hall–Kier alpha value is -0.0800. The standard InChI is InChI=1S/C13H25NO/c1-2-11(10-15)14-12-6-9-13(12)7-4-3-5-8-13/h11-12,14-15H,2-10H2,1H3. The van der Waals surface area contributed by atoms with E-state index in [1.165, 1.54) is 44.9 Å². The highest BCUT2D eigenvalue weighted by atomic mass is 16.3. The molecule has 2 unspecified atom stereocenters. The predicted octanol–water partition coefficient (Wildman–Crippen LogP) is 2.46. The SMILES string of the molecule is CCC(CO)NC1CCC12CCCCC2. The molecule has 0 radical (unpaired) electrons. The van der Waals surface area contributed by atoms with Crippen molar-refractivity contribution in [2.24, 2.45) is 5.41 Å². The van der Waals surface area contributed by atoms with Gasteiger partial charge < -0.3 is 10.4 Å². The summed E-state index contributed by atoms with van der Waals surface area (Å²) in [6.07, 6.45) is 10.9. The predicted molar refractivity (Wildman–Crippen MR) is 62.8 cm³/mol. The third-order valence-electron chi connectivity index (χ3n) is 4.67. The van der Waals surface area contributed by atoms with Crippen LogP contribution in [-0.4, -0.2) is 23.8 Å². The second-order valence-corrected chi connectivity index (χ2v) is 5.47. The van der Waals surface area contributed by atoms with Gasteiger partial charge in [-0.1, -0.05) is 26.2 Å². The first-order valence-corrected chi connectivity index (χ1v) is 6.67. The topological polar surface area (TPSA) is 32.3 Å². The number of aliphatic hydroxyl groups is 1. The van der Waals surface area contributed by atoms with Crippen LogP contribution in [0.5, 0.6) is 0 Å². The van der Waals surface area contributed by atoms with Crippen molar-refractivity contribution in [3.8, 4) is 0 Å². The fourth-order valence-corrected chi connectivity index (χ4v) is 3.40. The van der Waals surface area contributed by atoms with Gasteiger partial charge in [0.15, 0.2) is 0 Å². The molecule has 0 aromatic heterocycles. The summed E-state index contributed by atoms with van der Waals surface area (Å²) in [5.74, 6) is 0. The molecule has 2 aliphatic rings. The zero-order chi connectivity index (χ0) is 10.7. The van der Waals surface area contributed by atoms with Crippen LogP contribution < -0.4 is 5.32 Å². The second-order valence-electron chi connectivity index (χ2n) is 5.47. The van der Waals surface area contributed by atoms with Crippen LogP contribution in [0.25, 0.3) is 0 Å². The van der Waals surface area contributed by atoms with Crippen LogP contribution in [0.3, 0.4) is 0 Å². The van der Waals surface area contributed by atoms with E-state index >= 15 is 0 Å². The summed E-state index contributed by atoms with van der Waals surface area (Å²) in [4.78, 5) is 0. The van der Waals surface area contributed by atoms with Gasteiger partial charge in [0, 0.05) is 12.1 Å². The lowest BCUT2D eigenvalue weighted by atomic mass is 9.57. The smallest absolute Gasteiger partial charge is 0.0584 e. The minimum atomic E-state index is 0.295. The van der Waals surface area contributed by atoms with E-state index in [2.05, 4.69) is 12.2 Å². The fourth-order valence-electron chi connectivity index (χ4n) is 3.40. The monoisotopic (exact) mass is 211 g/mol. The molecular weight excluding hydrogens is 186 g/mol. The molecule has 1 spiro atoms. The molecule has 2 aliphatic carbocycles. The lowest BCUT2D eigenvalue weighted by Crippen LogP contribution is -2.57. The van der Waals surface area contributed by atoms with E-state index in [4.69, 9.17) is 0 Å². The second kappa shape index (κ2) is 4.84. The summed E-state index contributed by atoms with van der Waals surface area (Å²) < 4.78 is 0. The minimum absolute atomic E-state index is 0.295. The normalized spacial score (nSPS) is 31.2. The van der Waals surface area contributed by atoms with E-state index < -0.39 is 0 Å². The average molecular weight is 211 g/mol. The summed E-state index contributed by atoms with van der Waals surface area (Å²) in [7, 11) is 0. The highest BCUT2D eigenvalue weighted by Gasteiger charge is 2.46. The van der Waals surface area contributed by atoms with Crippen LogP contribution in [0, 0.1) is 5.41 Å². The van der Waals surface area contributed by atoms with Crippen LogP contribution >= 0.6 is 0 Å². The molecule has 2 heteroatoms. The Morgan fingerprint density at radius 1 is 1.27 bits per heavy atom. The van der Waals surface area contributed by atoms with Crippen molar-refractivity contribution in [3.63, 3.8) is 0 Å². The molecule has 2 N–H and O–H groups in total. The van der Waals surface area contributed by atoms with Crippen LogP contribution in [0.15, 0.2) is 0 Å². The zero-order valence-corrected chi connectivity index (χ0v) is 9.97. The van der Waals surface area contributed by atoms with E-state index in [0.717, 1.165) is 6.42 Å². The number of hydrogen-bond acceptors (Lipinski definition) is 2.